The van der Waals surface area contributed by atoms with E-state index in [1.165, 1.54) is 11.1 Å². The number of likely N-dealkylation sites (N-methyl/N-ethyl adjacent to an activating group) is 1. The van der Waals surface area contributed by atoms with Crippen LogP contribution in [0.25, 0.3) is 0 Å². The molecule has 192 valence electrons. The van der Waals surface area contributed by atoms with E-state index in [9.17, 15) is 14.7 Å². The van der Waals surface area contributed by atoms with Gasteiger partial charge in [-0.2, -0.15) is 0 Å². The number of carbonyl (C=O) groups is 2. The van der Waals surface area contributed by atoms with E-state index in [-0.39, 0.29) is 35.5 Å². The summed E-state index contributed by atoms with van der Waals surface area (Å²) in [7, 11) is 1.74. The lowest BCUT2D eigenvalue weighted by Gasteiger charge is -2.39. The Labute approximate surface area is 208 Å². The van der Waals surface area contributed by atoms with Crippen molar-refractivity contribution < 1.29 is 19.4 Å². The minimum atomic E-state index is -0.982. The van der Waals surface area contributed by atoms with Crippen molar-refractivity contribution in [1.29, 1.82) is 0 Å². The maximum absolute atomic E-state index is 14.1. The third-order valence-electron chi connectivity index (χ3n) is 8.88. The molecular weight excluding hydrogens is 444 g/mol. The van der Waals surface area contributed by atoms with E-state index in [1.807, 2.05) is 11.0 Å². The molecule has 2 unspecified atom stereocenters. The summed E-state index contributed by atoms with van der Waals surface area (Å²) in [6, 6.07) is 7.04. The third-order valence-corrected chi connectivity index (χ3v) is 8.88. The molecule has 0 aromatic heterocycles. The van der Waals surface area contributed by atoms with Crippen LogP contribution >= 0.6 is 0 Å². The SMILES string of the molecule is CN[C@@H](C)C(=O)N[C@H]1CCO[C@H]2CC3(CCCC3)C(C(=O)N[C@@H]3CCCc4ccccc43)N2C1O. The van der Waals surface area contributed by atoms with Gasteiger partial charge in [-0.15, -0.1) is 0 Å². The zero-order valence-electron chi connectivity index (χ0n) is 21.0. The second-order valence-corrected chi connectivity index (χ2v) is 10.9. The van der Waals surface area contributed by atoms with Crippen molar-refractivity contribution in [2.24, 2.45) is 5.41 Å². The molecule has 1 aromatic carbocycles. The molecule has 8 heteroatoms. The standard InChI is InChI=1S/C27H40N4O4/c1-17(28-2)24(32)30-21-12-15-35-22-16-27(13-5-6-14-27)23(31(22)26(21)34)25(33)29-20-11-7-9-18-8-3-4-10-19(18)20/h3-4,8,10,17,20-23,26,28,34H,5-7,9,11-16H2,1-2H3,(H,29,33)(H,30,32)/t17-,20+,21-,22-,23?,26?/m0/s1. The molecule has 4 N–H and O–H groups in total. The van der Waals surface area contributed by atoms with Crippen LogP contribution in [0.15, 0.2) is 24.3 Å². The van der Waals surface area contributed by atoms with Gasteiger partial charge >= 0.3 is 0 Å². The lowest BCUT2D eigenvalue weighted by Crippen LogP contribution is -2.60. The van der Waals surface area contributed by atoms with Gasteiger partial charge in [-0.25, -0.2) is 4.90 Å². The second-order valence-electron chi connectivity index (χ2n) is 10.9. The predicted octanol–water partition coefficient (Wildman–Crippen LogP) is 1.97. The zero-order valence-corrected chi connectivity index (χ0v) is 21.0. The molecule has 2 aliphatic carbocycles. The Morgan fingerprint density at radius 1 is 1.14 bits per heavy atom. The average molecular weight is 485 g/mol. The van der Waals surface area contributed by atoms with Crippen LogP contribution in [0, 0.1) is 5.41 Å². The van der Waals surface area contributed by atoms with Crippen LogP contribution in [-0.2, 0) is 20.7 Å². The Kier molecular flexibility index (Phi) is 7.17. The number of benzene rings is 1. The molecule has 5 rings (SSSR count). The highest BCUT2D eigenvalue weighted by Gasteiger charge is 2.60. The van der Waals surface area contributed by atoms with E-state index in [1.54, 1.807) is 14.0 Å². The maximum atomic E-state index is 14.1. The van der Waals surface area contributed by atoms with Gasteiger partial charge in [0, 0.05) is 0 Å². The summed E-state index contributed by atoms with van der Waals surface area (Å²) in [6.07, 6.45) is 7.07. The second kappa shape index (κ2) is 10.2. The molecule has 0 radical (unpaired) electrons. The molecule has 2 amide bonds. The van der Waals surface area contributed by atoms with Gasteiger partial charge in [0.25, 0.3) is 0 Å². The molecule has 2 heterocycles. The first-order chi connectivity index (χ1) is 16.9. The molecule has 35 heavy (non-hydrogen) atoms. The van der Waals surface area contributed by atoms with Crippen LogP contribution < -0.4 is 16.0 Å². The van der Waals surface area contributed by atoms with Gasteiger partial charge in [-0.3, -0.25) is 9.59 Å². The molecule has 2 saturated heterocycles. The molecule has 3 fully saturated rings. The summed E-state index contributed by atoms with van der Waals surface area (Å²) in [5.74, 6) is -0.182. The molecule has 1 saturated carbocycles. The smallest absolute Gasteiger partial charge is 0.238 e. The highest BCUT2D eigenvalue weighted by molar-refractivity contribution is 5.84. The van der Waals surface area contributed by atoms with Crippen molar-refractivity contribution in [3.8, 4) is 0 Å². The molecular formula is C27H40N4O4. The van der Waals surface area contributed by atoms with E-state index in [0.29, 0.717) is 13.0 Å². The molecule has 0 bridgehead atoms. The van der Waals surface area contributed by atoms with Crippen LogP contribution in [0.2, 0.25) is 0 Å². The van der Waals surface area contributed by atoms with Gasteiger partial charge in [0.1, 0.15) is 12.5 Å². The van der Waals surface area contributed by atoms with E-state index < -0.39 is 18.3 Å². The van der Waals surface area contributed by atoms with Crippen molar-refractivity contribution >= 4 is 11.8 Å². The van der Waals surface area contributed by atoms with Crippen LogP contribution in [-0.4, -0.2) is 66.1 Å². The molecule has 6 atom stereocenters. The molecule has 2 aliphatic heterocycles. The first kappa shape index (κ1) is 24.7. The lowest BCUT2D eigenvalue weighted by atomic mass is 9.77. The summed E-state index contributed by atoms with van der Waals surface area (Å²) in [4.78, 5) is 28.6. The summed E-state index contributed by atoms with van der Waals surface area (Å²) in [6.45, 7) is 2.23. The van der Waals surface area contributed by atoms with Gasteiger partial charge in [-0.1, -0.05) is 37.1 Å². The minimum absolute atomic E-state index is 0.0121. The normalized spacial score (nSPS) is 32.9. The fraction of sp³-hybridized carbons (Fsp3) is 0.704. The largest absolute Gasteiger partial charge is 0.376 e. The van der Waals surface area contributed by atoms with E-state index >= 15 is 0 Å². The van der Waals surface area contributed by atoms with Gasteiger partial charge in [0.15, 0.2) is 0 Å². The van der Waals surface area contributed by atoms with Gasteiger partial charge < -0.3 is 25.8 Å². The number of fused-ring (bicyclic) bond motifs is 2. The summed E-state index contributed by atoms with van der Waals surface area (Å²) in [5.41, 5.74) is 2.32. The summed E-state index contributed by atoms with van der Waals surface area (Å²) < 4.78 is 6.23. The van der Waals surface area contributed by atoms with E-state index in [2.05, 4.69) is 34.1 Å². The van der Waals surface area contributed by atoms with E-state index in [0.717, 1.165) is 51.4 Å². The maximum Gasteiger partial charge on any atom is 0.238 e. The third kappa shape index (κ3) is 4.61. The van der Waals surface area contributed by atoms with Crippen LogP contribution in [0.4, 0.5) is 0 Å². The number of aliphatic hydroxyl groups is 1. The Balaban J connectivity index is 1.41. The van der Waals surface area contributed by atoms with Crippen molar-refractivity contribution in [3.63, 3.8) is 0 Å². The topological polar surface area (TPSA) is 103 Å². The minimum Gasteiger partial charge on any atom is -0.376 e. The Hall–Kier alpha value is -2.00. The predicted molar refractivity (Wildman–Crippen MR) is 132 cm³/mol. The Morgan fingerprint density at radius 2 is 1.91 bits per heavy atom. The number of hydrogen-bond acceptors (Lipinski definition) is 6. The fourth-order valence-corrected chi connectivity index (χ4v) is 6.91. The number of nitrogens with one attached hydrogen (secondary N) is 3. The molecule has 1 aromatic rings. The van der Waals surface area contributed by atoms with Crippen LogP contribution in [0.5, 0.6) is 0 Å². The number of carbonyl (C=O) groups excluding carboxylic acids is 2. The van der Waals surface area contributed by atoms with Gasteiger partial charge in [-0.05, 0) is 75.5 Å². The van der Waals surface area contributed by atoms with Gasteiger partial charge in [0.05, 0.1) is 30.8 Å². The molecule has 4 aliphatic rings. The number of nitrogens with zero attached hydrogens (tertiary/aromatic N) is 1. The number of rotatable bonds is 5. The van der Waals surface area contributed by atoms with Crippen LogP contribution in [0.1, 0.15) is 75.5 Å². The fourth-order valence-electron chi connectivity index (χ4n) is 6.91. The van der Waals surface area contributed by atoms with Gasteiger partial charge in [0.2, 0.25) is 11.8 Å². The Bertz CT molecular complexity index is 934. The number of amides is 2. The Morgan fingerprint density at radius 3 is 2.69 bits per heavy atom. The quantitative estimate of drug-likeness (QED) is 0.510. The summed E-state index contributed by atoms with van der Waals surface area (Å²) in [5, 5.41) is 20.9. The highest BCUT2D eigenvalue weighted by Crippen LogP contribution is 2.53. The lowest BCUT2D eigenvalue weighted by molar-refractivity contribution is -0.147. The number of aliphatic hydroxyl groups excluding tert-OH is 1. The number of ether oxygens (including phenoxy) is 1. The average Bonchev–Trinajstić information content (AvgIpc) is 3.43. The monoisotopic (exact) mass is 484 g/mol. The zero-order chi connectivity index (χ0) is 24.6. The molecule has 1 spiro atoms. The van der Waals surface area contributed by atoms with Crippen molar-refractivity contribution in [2.75, 3.05) is 13.7 Å². The molecule has 8 nitrogen and oxygen atoms in total. The van der Waals surface area contributed by atoms with Crippen LogP contribution in [0.3, 0.4) is 0 Å². The van der Waals surface area contributed by atoms with E-state index in [4.69, 9.17) is 4.74 Å². The highest BCUT2D eigenvalue weighted by atomic mass is 16.5. The summed E-state index contributed by atoms with van der Waals surface area (Å²) >= 11 is 0. The first-order valence-electron chi connectivity index (χ1n) is 13.4. The number of hydrogen-bond donors (Lipinski definition) is 4. The van der Waals surface area contributed by atoms with Crippen molar-refractivity contribution in [1.82, 2.24) is 20.9 Å². The van der Waals surface area contributed by atoms with Crippen molar-refractivity contribution in [3.05, 3.63) is 35.4 Å². The number of aryl methyl sites for hydroxylation is 1. The first-order valence-corrected chi connectivity index (χ1v) is 13.4. The van der Waals surface area contributed by atoms with Crippen molar-refractivity contribution in [2.45, 2.75) is 101 Å².